The molecular weight excluding hydrogens is 272 g/mol. The number of hydrogen-bond donors (Lipinski definition) is 2. The summed E-state index contributed by atoms with van der Waals surface area (Å²) in [6.45, 7) is 11.2. The molecule has 0 spiro atoms. The molecule has 2 N–H and O–H groups in total. The van der Waals surface area contributed by atoms with E-state index in [1.54, 1.807) is 6.07 Å². The van der Waals surface area contributed by atoms with Crippen LogP contribution < -0.4 is 0 Å². The van der Waals surface area contributed by atoms with Gasteiger partial charge in [0.2, 0.25) is 0 Å². The highest BCUT2D eigenvalue weighted by Crippen LogP contribution is 2.32. The van der Waals surface area contributed by atoms with Crippen molar-refractivity contribution in [2.24, 2.45) is 17.8 Å². The van der Waals surface area contributed by atoms with E-state index in [9.17, 15) is 5.11 Å². The summed E-state index contributed by atoms with van der Waals surface area (Å²) in [5, 5.41) is 18.4. The average molecular weight is 306 g/mol. The smallest absolute Gasteiger partial charge is 0.119 e. The summed E-state index contributed by atoms with van der Waals surface area (Å²) < 4.78 is 0. The summed E-state index contributed by atoms with van der Waals surface area (Å²) in [5.41, 5.74) is 2.13. The highest BCUT2D eigenvalue weighted by atomic mass is 16.3. The van der Waals surface area contributed by atoms with Crippen LogP contribution in [0, 0.1) is 24.7 Å². The van der Waals surface area contributed by atoms with Crippen molar-refractivity contribution in [2.45, 2.75) is 66.2 Å². The first-order valence-corrected chi connectivity index (χ1v) is 8.75. The minimum atomic E-state index is 0.399. The van der Waals surface area contributed by atoms with Gasteiger partial charge in [0.1, 0.15) is 5.75 Å². The van der Waals surface area contributed by atoms with Crippen molar-refractivity contribution >= 4 is 0 Å². The molecule has 0 radical (unpaired) electrons. The third-order valence-corrected chi connectivity index (χ3v) is 4.90. The second kappa shape index (κ2) is 9.19. The Kier molecular flexibility index (Phi) is 7.95. The highest BCUT2D eigenvalue weighted by Gasteiger charge is 2.22. The Morgan fingerprint density at radius 3 is 2.05 bits per heavy atom. The summed E-state index contributed by atoms with van der Waals surface area (Å²) >= 11 is 0. The van der Waals surface area contributed by atoms with Crippen LogP contribution in [0.15, 0.2) is 18.2 Å². The first kappa shape index (κ1) is 19.0. The van der Waals surface area contributed by atoms with Crippen LogP contribution in [-0.4, -0.2) is 16.8 Å². The lowest BCUT2D eigenvalue weighted by molar-refractivity contribution is 0.151. The average Bonchev–Trinajstić information content (AvgIpc) is 2.47. The van der Waals surface area contributed by atoms with Crippen molar-refractivity contribution in [2.75, 3.05) is 6.61 Å². The van der Waals surface area contributed by atoms with Gasteiger partial charge in [-0.15, -0.1) is 0 Å². The molecule has 0 aromatic heterocycles. The van der Waals surface area contributed by atoms with Crippen LogP contribution in [0.1, 0.15) is 70.4 Å². The second-order valence-electron chi connectivity index (χ2n) is 7.42. The molecule has 0 atom stereocenters. The third-order valence-electron chi connectivity index (χ3n) is 4.90. The van der Waals surface area contributed by atoms with Gasteiger partial charge < -0.3 is 10.2 Å². The highest BCUT2D eigenvalue weighted by molar-refractivity contribution is 5.37. The van der Waals surface area contributed by atoms with Gasteiger partial charge in [0, 0.05) is 6.61 Å². The van der Waals surface area contributed by atoms with E-state index in [-0.39, 0.29) is 0 Å². The lowest BCUT2D eigenvalue weighted by atomic mass is 9.77. The van der Waals surface area contributed by atoms with Gasteiger partial charge in [-0.25, -0.2) is 0 Å². The molecule has 1 aliphatic carbocycles. The van der Waals surface area contributed by atoms with E-state index < -0.39 is 0 Å². The number of hydrogen-bond acceptors (Lipinski definition) is 2. The maximum atomic E-state index is 9.46. The quantitative estimate of drug-likeness (QED) is 0.799. The molecular formula is C20H34O2. The van der Waals surface area contributed by atoms with Gasteiger partial charge in [-0.1, -0.05) is 39.8 Å². The van der Waals surface area contributed by atoms with Crippen LogP contribution in [0.3, 0.4) is 0 Å². The van der Waals surface area contributed by atoms with Gasteiger partial charge >= 0.3 is 0 Å². The minimum Gasteiger partial charge on any atom is -0.508 e. The predicted octanol–water partition coefficient (Wildman–Crippen LogP) is 5.27. The Morgan fingerprint density at radius 2 is 1.64 bits per heavy atom. The summed E-state index contributed by atoms with van der Waals surface area (Å²) in [6.07, 6.45) is 5.17. The Hall–Kier alpha value is -1.02. The molecule has 1 aromatic rings. The minimum absolute atomic E-state index is 0.399. The maximum Gasteiger partial charge on any atom is 0.119 e. The molecule has 0 saturated heterocycles. The first-order chi connectivity index (χ1) is 10.3. The number of benzene rings is 1. The number of aromatic hydroxyl groups is 1. The van der Waals surface area contributed by atoms with Crippen molar-refractivity contribution in [1.29, 1.82) is 0 Å². The van der Waals surface area contributed by atoms with Crippen molar-refractivity contribution in [3.8, 4) is 5.75 Å². The van der Waals surface area contributed by atoms with Crippen LogP contribution in [0.25, 0.3) is 0 Å². The van der Waals surface area contributed by atoms with E-state index >= 15 is 0 Å². The van der Waals surface area contributed by atoms with Gasteiger partial charge in [0.25, 0.3) is 0 Å². The molecule has 0 aliphatic heterocycles. The van der Waals surface area contributed by atoms with Gasteiger partial charge in [-0.05, 0) is 73.5 Å². The Labute approximate surface area is 136 Å². The Morgan fingerprint density at radius 1 is 1.05 bits per heavy atom. The molecule has 2 heteroatoms. The number of phenols is 1. The molecule has 0 bridgehead atoms. The summed E-state index contributed by atoms with van der Waals surface area (Å²) in [7, 11) is 0. The van der Waals surface area contributed by atoms with E-state index in [4.69, 9.17) is 5.11 Å². The molecule has 126 valence electrons. The molecule has 2 nitrogen and oxygen atoms in total. The van der Waals surface area contributed by atoms with Gasteiger partial charge in [-0.3, -0.25) is 0 Å². The van der Waals surface area contributed by atoms with E-state index in [0.717, 1.165) is 23.0 Å². The monoisotopic (exact) mass is 306 g/mol. The molecule has 2 rings (SSSR count). The van der Waals surface area contributed by atoms with Crippen LogP contribution in [0.5, 0.6) is 5.75 Å². The van der Waals surface area contributed by atoms with Gasteiger partial charge in [0.15, 0.2) is 0 Å². The Bertz CT molecular complexity index is 429. The molecule has 1 saturated carbocycles. The lowest BCUT2D eigenvalue weighted by Gasteiger charge is -2.29. The molecule has 1 aromatic carbocycles. The second-order valence-corrected chi connectivity index (χ2v) is 7.42. The number of aliphatic hydroxyl groups excluding tert-OH is 1. The zero-order valence-electron chi connectivity index (χ0n) is 15.0. The third kappa shape index (κ3) is 6.00. The number of phenolic OH excluding ortho intramolecular Hbond substituents is 1. The SMILES string of the molecule is CC(C)C1CCC(CO)CC1.Cc1ccc(C(C)C)c(O)c1. The van der Waals surface area contributed by atoms with Crippen molar-refractivity contribution in [1.82, 2.24) is 0 Å². The van der Waals surface area contributed by atoms with Gasteiger partial charge in [-0.2, -0.15) is 0 Å². The molecule has 22 heavy (non-hydrogen) atoms. The van der Waals surface area contributed by atoms with Gasteiger partial charge in [0.05, 0.1) is 0 Å². The lowest BCUT2D eigenvalue weighted by Crippen LogP contribution is -2.20. The molecule has 0 unspecified atom stereocenters. The summed E-state index contributed by atoms with van der Waals surface area (Å²) in [5.74, 6) is 3.20. The molecule has 1 fully saturated rings. The van der Waals surface area contributed by atoms with Crippen LogP contribution in [-0.2, 0) is 0 Å². The van der Waals surface area contributed by atoms with Crippen LogP contribution in [0.2, 0.25) is 0 Å². The zero-order chi connectivity index (χ0) is 16.7. The molecule has 0 heterocycles. The van der Waals surface area contributed by atoms with Crippen LogP contribution in [0.4, 0.5) is 0 Å². The standard InChI is InChI=1S/C10H14O.C10H20O/c1-7(2)9-5-4-8(3)6-10(9)11;1-8(2)10-5-3-9(7-11)4-6-10/h4-7,11H,1-3H3;8-11H,3-7H2,1-2H3. The number of aliphatic hydroxyl groups is 1. The fraction of sp³-hybridized carbons (Fsp3) is 0.700. The van der Waals surface area contributed by atoms with Crippen LogP contribution >= 0.6 is 0 Å². The topological polar surface area (TPSA) is 40.5 Å². The maximum absolute atomic E-state index is 9.46. The van der Waals surface area contributed by atoms with E-state index in [1.807, 2.05) is 19.1 Å². The normalized spacial score (nSPS) is 21.6. The van der Waals surface area contributed by atoms with Crippen molar-refractivity contribution in [3.63, 3.8) is 0 Å². The summed E-state index contributed by atoms with van der Waals surface area (Å²) in [4.78, 5) is 0. The predicted molar refractivity (Wildman–Crippen MR) is 94.3 cm³/mol. The van der Waals surface area contributed by atoms with E-state index in [2.05, 4.69) is 27.7 Å². The fourth-order valence-corrected chi connectivity index (χ4v) is 3.18. The fourth-order valence-electron chi connectivity index (χ4n) is 3.18. The van der Waals surface area contributed by atoms with E-state index in [1.165, 1.54) is 25.7 Å². The first-order valence-electron chi connectivity index (χ1n) is 8.75. The van der Waals surface area contributed by atoms with Crippen molar-refractivity contribution < 1.29 is 10.2 Å². The van der Waals surface area contributed by atoms with E-state index in [0.29, 0.717) is 24.2 Å². The molecule has 1 aliphatic rings. The van der Waals surface area contributed by atoms with Crippen molar-refractivity contribution in [3.05, 3.63) is 29.3 Å². The number of aryl methyl sites for hydroxylation is 1. The zero-order valence-corrected chi connectivity index (χ0v) is 15.0. The largest absolute Gasteiger partial charge is 0.508 e. The number of rotatable bonds is 3. The Balaban J connectivity index is 0.000000220. The molecule has 0 amide bonds. The summed E-state index contributed by atoms with van der Waals surface area (Å²) in [6, 6.07) is 5.81.